The van der Waals surface area contributed by atoms with Gasteiger partial charge >= 0.3 is 0 Å². The molecule has 6 heteroatoms. The van der Waals surface area contributed by atoms with E-state index in [-0.39, 0.29) is 16.6 Å². The summed E-state index contributed by atoms with van der Waals surface area (Å²) < 4.78 is 0. The van der Waals surface area contributed by atoms with Crippen molar-refractivity contribution in [2.45, 2.75) is 0 Å². The molecule has 0 spiro atoms. The molecule has 0 aromatic heterocycles. The number of nitrogens with one attached hydrogen (secondary N) is 2. The van der Waals surface area contributed by atoms with Crippen LogP contribution in [-0.4, -0.2) is 25.7 Å². The third kappa shape index (κ3) is 3.75. The molecule has 0 saturated heterocycles. The number of amidine groups is 1. The molecule has 0 heterocycles. The molecule has 0 unspecified atom stereocenters. The van der Waals surface area contributed by atoms with Gasteiger partial charge in [-0.25, -0.2) is 0 Å². The van der Waals surface area contributed by atoms with Gasteiger partial charge in [-0.15, -0.1) is 0 Å². The number of Topliss-reactive ketones (excluding diaryl/α,β-unsaturated/α-hetero) is 1. The van der Waals surface area contributed by atoms with Crippen molar-refractivity contribution >= 4 is 34.6 Å². The molecule has 2 rings (SSSR count). The standard InChI is InChI=1S/C18H19ClN4O/c1-22-17(19)15(18(20)21)16(24)12-8-10-14(11-9-12)23(2)13-6-4-3-5-7-13/h3-11,22H,1-2H3,(H3,20,21)/b17-15-. The summed E-state index contributed by atoms with van der Waals surface area (Å²) in [6.07, 6.45) is 0. The zero-order valence-corrected chi connectivity index (χ0v) is 14.3. The van der Waals surface area contributed by atoms with E-state index in [1.807, 2.05) is 54.4 Å². The Hall–Kier alpha value is -2.79. The van der Waals surface area contributed by atoms with Crippen LogP contribution in [0, 0.1) is 5.41 Å². The van der Waals surface area contributed by atoms with Crippen molar-refractivity contribution in [3.63, 3.8) is 0 Å². The first kappa shape index (κ1) is 17.6. The number of ketones is 1. The van der Waals surface area contributed by atoms with E-state index in [9.17, 15) is 4.79 Å². The van der Waals surface area contributed by atoms with Gasteiger partial charge in [0.05, 0.1) is 5.57 Å². The number of hydrogen-bond donors (Lipinski definition) is 3. The molecule has 24 heavy (non-hydrogen) atoms. The lowest BCUT2D eigenvalue weighted by molar-refractivity contribution is 0.103. The predicted octanol–water partition coefficient (Wildman–Crippen LogP) is 3.24. The molecule has 0 saturated carbocycles. The summed E-state index contributed by atoms with van der Waals surface area (Å²) in [6.45, 7) is 0. The van der Waals surface area contributed by atoms with Gasteiger partial charge in [0.1, 0.15) is 11.0 Å². The van der Waals surface area contributed by atoms with E-state index >= 15 is 0 Å². The molecule has 0 amide bonds. The van der Waals surface area contributed by atoms with Gasteiger partial charge in [-0.3, -0.25) is 10.2 Å². The highest BCUT2D eigenvalue weighted by Crippen LogP contribution is 2.24. The molecule has 2 aromatic carbocycles. The van der Waals surface area contributed by atoms with Crippen molar-refractivity contribution in [1.29, 1.82) is 5.41 Å². The summed E-state index contributed by atoms with van der Waals surface area (Å²) in [4.78, 5) is 14.5. The fourth-order valence-corrected chi connectivity index (χ4v) is 2.43. The smallest absolute Gasteiger partial charge is 0.199 e. The number of nitrogens with two attached hydrogens (primary N) is 1. The van der Waals surface area contributed by atoms with Gasteiger partial charge in [-0.05, 0) is 36.4 Å². The van der Waals surface area contributed by atoms with Crippen molar-refractivity contribution in [3.8, 4) is 0 Å². The highest BCUT2D eigenvalue weighted by atomic mass is 35.5. The summed E-state index contributed by atoms with van der Waals surface area (Å²) in [6, 6.07) is 17.0. The molecule has 0 aliphatic heterocycles. The highest BCUT2D eigenvalue weighted by molar-refractivity contribution is 6.38. The number of carbonyl (C=O) groups is 1. The van der Waals surface area contributed by atoms with Gasteiger partial charge in [-0.2, -0.15) is 0 Å². The SMILES string of the molecule is CN/C(Cl)=C(\C(=N)N)C(=O)c1ccc(N(C)c2ccccc2)cc1. The van der Waals surface area contributed by atoms with Crippen molar-refractivity contribution in [1.82, 2.24) is 5.32 Å². The fraction of sp³-hybridized carbons (Fsp3) is 0.111. The number of anilines is 2. The Morgan fingerprint density at radius 3 is 2.12 bits per heavy atom. The molecule has 0 bridgehead atoms. The second-order valence-electron chi connectivity index (χ2n) is 5.12. The Morgan fingerprint density at radius 1 is 1.08 bits per heavy atom. The van der Waals surface area contributed by atoms with Crippen LogP contribution in [-0.2, 0) is 0 Å². The van der Waals surface area contributed by atoms with Crippen molar-refractivity contribution in [3.05, 3.63) is 70.9 Å². The zero-order chi connectivity index (χ0) is 17.7. The number of carbonyl (C=O) groups excluding carboxylic acids is 1. The lowest BCUT2D eigenvalue weighted by atomic mass is 10.0. The number of para-hydroxylation sites is 1. The maximum absolute atomic E-state index is 12.5. The third-order valence-corrected chi connectivity index (χ3v) is 3.97. The van der Waals surface area contributed by atoms with Gasteiger partial charge in [0.25, 0.3) is 0 Å². The minimum Gasteiger partial charge on any atom is -0.383 e. The number of nitrogens with zero attached hydrogens (tertiary/aromatic N) is 1. The van der Waals surface area contributed by atoms with Gasteiger partial charge in [-0.1, -0.05) is 29.8 Å². The Kier molecular flexibility index (Phi) is 5.60. The van der Waals surface area contributed by atoms with Crippen molar-refractivity contribution < 1.29 is 4.79 Å². The predicted molar refractivity (Wildman–Crippen MR) is 99.1 cm³/mol. The van der Waals surface area contributed by atoms with E-state index in [1.165, 1.54) is 0 Å². The lowest BCUT2D eigenvalue weighted by Gasteiger charge is -2.19. The van der Waals surface area contributed by atoms with Gasteiger partial charge in [0.2, 0.25) is 0 Å². The van der Waals surface area contributed by atoms with E-state index in [1.54, 1.807) is 19.2 Å². The molecule has 0 radical (unpaired) electrons. The Morgan fingerprint density at radius 2 is 1.62 bits per heavy atom. The highest BCUT2D eigenvalue weighted by Gasteiger charge is 2.19. The number of benzene rings is 2. The van der Waals surface area contributed by atoms with Crippen molar-refractivity contribution in [2.75, 3.05) is 19.0 Å². The van der Waals surface area contributed by atoms with E-state index < -0.39 is 5.78 Å². The van der Waals surface area contributed by atoms with Gasteiger partial charge in [0.15, 0.2) is 5.78 Å². The topological polar surface area (TPSA) is 82.2 Å². The number of hydrogen-bond acceptors (Lipinski definition) is 4. The molecule has 0 atom stereocenters. The van der Waals surface area contributed by atoms with E-state index in [0.29, 0.717) is 5.56 Å². The Bertz CT molecular complexity index is 769. The lowest BCUT2D eigenvalue weighted by Crippen LogP contribution is -2.24. The van der Waals surface area contributed by atoms with Gasteiger partial charge in [0, 0.05) is 31.0 Å². The van der Waals surface area contributed by atoms with Crippen molar-refractivity contribution in [2.24, 2.45) is 5.73 Å². The van der Waals surface area contributed by atoms with Crippen LogP contribution in [0.1, 0.15) is 10.4 Å². The first-order chi connectivity index (χ1) is 11.5. The van der Waals surface area contributed by atoms with Crippen LogP contribution in [0.5, 0.6) is 0 Å². The molecule has 0 aliphatic rings. The summed E-state index contributed by atoms with van der Waals surface area (Å²) in [5.74, 6) is -0.763. The molecular weight excluding hydrogens is 324 g/mol. The molecule has 4 N–H and O–H groups in total. The first-order valence-corrected chi connectivity index (χ1v) is 7.69. The van der Waals surface area contributed by atoms with Crippen LogP contribution in [0.3, 0.4) is 0 Å². The average molecular weight is 343 g/mol. The second-order valence-corrected chi connectivity index (χ2v) is 5.50. The van der Waals surface area contributed by atoms with E-state index in [2.05, 4.69) is 5.32 Å². The van der Waals surface area contributed by atoms with Crippen LogP contribution < -0.4 is 16.0 Å². The number of halogens is 1. The molecule has 0 aliphatic carbocycles. The second kappa shape index (κ2) is 7.66. The van der Waals surface area contributed by atoms with E-state index in [0.717, 1.165) is 11.4 Å². The molecular formula is C18H19ClN4O. The average Bonchev–Trinajstić information content (AvgIpc) is 2.61. The normalized spacial score (nSPS) is 11.5. The van der Waals surface area contributed by atoms with Crippen LogP contribution in [0.2, 0.25) is 0 Å². The molecule has 124 valence electrons. The largest absolute Gasteiger partial charge is 0.383 e. The van der Waals surface area contributed by atoms with Crippen LogP contribution >= 0.6 is 11.6 Å². The summed E-state index contributed by atoms with van der Waals surface area (Å²) >= 11 is 5.95. The Labute approximate surface area is 146 Å². The maximum atomic E-state index is 12.5. The third-order valence-electron chi connectivity index (χ3n) is 3.60. The van der Waals surface area contributed by atoms with Crippen LogP contribution in [0.4, 0.5) is 11.4 Å². The zero-order valence-electron chi connectivity index (χ0n) is 13.5. The fourth-order valence-electron chi connectivity index (χ4n) is 2.25. The molecule has 2 aromatic rings. The van der Waals surface area contributed by atoms with Gasteiger partial charge < -0.3 is 16.0 Å². The van der Waals surface area contributed by atoms with Crippen LogP contribution in [0.25, 0.3) is 0 Å². The van der Waals surface area contributed by atoms with E-state index in [4.69, 9.17) is 22.7 Å². The molecule has 0 fully saturated rings. The minimum atomic E-state index is -0.393. The molecule has 5 nitrogen and oxygen atoms in total. The quantitative estimate of drug-likeness (QED) is 0.247. The maximum Gasteiger partial charge on any atom is 0.199 e. The minimum absolute atomic E-state index is 0.0386. The number of rotatable bonds is 6. The summed E-state index contributed by atoms with van der Waals surface area (Å²) in [5.41, 5.74) is 7.83. The summed E-state index contributed by atoms with van der Waals surface area (Å²) in [7, 11) is 3.52. The monoisotopic (exact) mass is 342 g/mol. The van der Waals surface area contributed by atoms with Crippen LogP contribution in [0.15, 0.2) is 65.3 Å². The summed E-state index contributed by atoms with van der Waals surface area (Å²) in [5, 5.41) is 10.3. The Balaban J connectivity index is 2.29. The first-order valence-electron chi connectivity index (χ1n) is 7.31.